The molecule has 0 saturated heterocycles. The maximum absolute atomic E-state index is 11.6. The van der Waals surface area contributed by atoms with Gasteiger partial charge in [0.15, 0.2) is 0 Å². The van der Waals surface area contributed by atoms with E-state index in [0.717, 1.165) is 9.88 Å². The summed E-state index contributed by atoms with van der Waals surface area (Å²) in [5, 5.41) is 7.20. The van der Waals surface area contributed by atoms with E-state index in [1.165, 1.54) is 0 Å². The molecule has 0 radical (unpaired) electrons. The van der Waals surface area contributed by atoms with Crippen LogP contribution >= 0.6 is 11.3 Å². The number of rotatable bonds is 4. The zero-order chi connectivity index (χ0) is 14.7. The minimum atomic E-state index is -0.178. The highest BCUT2D eigenvalue weighted by atomic mass is 32.1. The van der Waals surface area contributed by atoms with Gasteiger partial charge in [0.25, 0.3) is 0 Å². The van der Waals surface area contributed by atoms with Crippen LogP contribution in [-0.4, -0.2) is 23.0 Å². The van der Waals surface area contributed by atoms with Crippen LogP contribution in [-0.2, 0) is 16.8 Å². The van der Waals surface area contributed by atoms with Crippen LogP contribution in [0, 0.1) is 0 Å². The maximum Gasteiger partial charge on any atom is 0.234 e. The molecule has 4 nitrogen and oxygen atoms in total. The Kier molecular flexibility index (Phi) is 5.10. The molecule has 1 heterocycles. The van der Waals surface area contributed by atoms with Gasteiger partial charge in [0, 0.05) is 28.6 Å². The summed E-state index contributed by atoms with van der Waals surface area (Å²) in [5.74, 6) is 0.0214. The number of hydrogen-bond donors (Lipinski definition) is 2. The standard InChI is InChI=1S/C14H25N3OS/c1-13(2,3)12-16-8-10(19-12)7-15-9-11(18)17-14(4,5)6/h8,15H,7,9H2,1-6H3,(H,17,18). The molecule has 0 saturated carbocycles. The van der Waals surface area contributed by atoms with Crippen LogP contribution in [0.3, 0.4) is 0 Å². The van der Waals surface area contributed by atoms with Gasteiger partial charge < -0.3 is 10.6 Å². The Labute approximate surface area is 120 Å². The topological polar surface area (TPSA) is 54.0 Å². The Morgan fingerprint density at radius 2 is 1.89 bits per heavy atom. The first-order valence-electron chi connectivity index (χ1n) is 6.55. The normalized spacial score (nSPS) is 12.5. The zero-order valence-electron chi connectivity index (χ0n) is 12.8. The van der Waals surface area contributed by atoms with E-state index in [-0.39, 0.29) is 16.9 Å². The Morgan fingerprint density at radius 1 is 1.26 bits per heavy atom. The lowest BCUT2D eigenvalue weighted by Crippen LogP contribution is -2.44. The van der Waals surface area contributed by atoms with Gasteiger partial charge >= 0.3 is 0 Å². The zero-order valence-corrected chi connectivity index (χ0v) is 13.6. The maximum atomic E-state index is 11.6. The third-order valence-electron chi connectivity index (χ3n) is 2.29. The van der Waals surface area contributed by atoms with E-state index in [1.807, 2.05) is 27.0 Å². The van der Waals surface area contributed by atoms with E-state index in [9.17, 15) is 4.79 Å². The lowest BCUT2D eigenvalue weighted by molar-refractivity contribution is -0.121. The Morgan fingerprint density at radius 3 is 2.37 bits per heavy atom. The second kappa shape index (κ2) is 6.01. The van der Waals surface area contributed by atoms with Gasteiger partial charge in [0.2, 0.25) is 5.91 Å². The minimum Gasteiger partial charge on any atom is -0.350 e. The summed E-state index contributed by atoms with van der Waals surface area (Å²) in [7, 11) is 0. The van der Waals surface area contributed by atoms with E-state index >= 15 is 0 Å². The van der Waals surface area contributed by atoms with Crippen LogP contribution in [0.15, 0.2) is 6.20 Å². The molecule has 0 bridgehead atoms. The molecule has 0 fully saturated rings. The van der Waals surface area contributed by atoms with Gasteiger partial charge in [0.1, 0.15) is 0 Å². The average molecular weight is 283 g/mol. The second-order valence-corrected chi connectivity index (χ2v) is 7.90. The lowest BCUT2D eigenvalue weighted by Gasteiger charge is -2.20. The summed E-state index contributed by atoms with van der Waals surface area (Å²) in [4.78, 5) is 17.2. The van der Waals surface area contributed by atoms with Crippen molar-refractivity contribution in [2.24, 2.45) is 0 Å². The number of aromatic nitrogens is 1. The number of thiazole rings is 1. The van der Waals surface area contributed by atoms with E-state index < -0.39 is 0 Å². The van der Waals surface area contributed by atoms with Gasteiger partial charge in [-0.1, -0.05) is 20.8 Å². The van der Waals surface area contributed by atoms with Crippen LogP contribution < -0.4 is 10.6 Å². The summed E-state index contributed by atoms with van der Waals surface area (Å²) in [5.41, 5.74) is -0.0881. The van der Waals surface area contributed by atoms with Crippen LogP contribution in [0.2, 0.25) is 0 Å². The largest absolute Gasteiger partial charge is 0.350 e. The molecule has 1 aromatic heterocycles. The summed E-state index contributed by atoms with van der Waals surface area (Å²) < 4.78 is 0. The highest BCUT2D eigenvalue weighted by molar-refractivity contribution is 7.11. The summed E-state index contributed by atoms with van der Waals surface area (Å²) in [6.45, 7) is 13.4. The highest BCUT2D eigenvalue weighted by Gasteiger charge is 2.18. The monoisotopic (exact) mass is 283 g/mol. The number of nitrogens with zero attached hydrogens (tertiary/aromatic N) is 1. The first-order chi connectivity index (χ1) is 8.58. The first-order valence-corrected chi connectivity index (χ1v) is 7.36. The van der Waals surface area contributed by atoms with Crippen molar-refractivity contribution in [3.63, 3.8) is 0 Å². The Balaban J connectivity index is 2.38. The molecular weight excluding hydrogens is 258 g/mol. The molecule has 0 spiro atoms. The molecule has 0 aromatic carbocycles. The van der Waals surface area contributed by atoms with Crippen LogP contribution in [0.1, 0.15) is 51.4 Å². The van der Waals surface area contributed by atoms with Gasteiger partial charge in [-0.2, -0.15) is 0 Å². The Bertz CT molecular complexity index is 427. The number of carbonyl (C=O) groups excluding carboxylic acids is 1. The van der Waals surface area contributed by atoms with Crippen molar-refractivity contribution in [2.45, 2.75) is 59.0 Å². The second-order valence-electron chi connectivity index (χ2n) is 6.78. The van der Waals surface area contributed by atoms with Gasteiger partial charge in [-0.25, -0.2) is 4.98 Å². The van der Waals surface area contributed by atoms with Crippen molar-refractivity contribution in [3.8, 4) is 0 Å². The third-order valence-corrected chi connectivity index (χ3v) is 3.72. The molecule has 0 aliphatic heterocycles. The van der Waals surface area contributed by atoms with E-state index in [0.29, 0.717) is 13.1 Å². The molecule has 108 valence electrons. The quantitative estimate of drug-likeness (QED) is 0.892. The predicted octanol–water partition coefficient (Wildman–Crippen LogP) is 2.44. The molecule has 5 heteroatoms. The molecule has 2 N–H and O–H groups in total. The highest BCUT2D eigenvalue weighted by Crippen LogP contribution is 2.26. The van der Waals surface area contributed by atoms with Crippen molar-refractivity contribution in [2.75, 3.05) is 6.54 Å². The predicted molar refractivity (Wildman–Crippen MR) is 80.4 cm³/mol. The Hall–Kier alpha value is -0.940. The summed E-state index contributed by atoms with van der Waals surface area (Å²) in [6.07, 6.45) is 1.89. The van der Waals surface area contributed by atoms with Gasteiger partial charge in [-0.05, 0) is 20.8 Å². The number of amides is 1. The smallest absolute Gasteiger partial charge is 0.234 e. The van der Waals surface area contributed by atoms with Crippen molar-refractivity contribution in [1.82, 2.24) is 15.6 Å². The van der Waals surface area contributed by atoms with E-state index in [4.69, 9.17) is 0 Å². The SMILES string of the molecule is CC(C)(C)NC(=O)CNCc1cnc(C(C)(C)C)s1. The molecule has 0 atom stereocenters. The van der Waals surface area contributed by atoms with E-state index in [2.05, 4.69) is 36.4 Å². The summed E-state index contributed by atoms with van der Waals surface area (Å²) >= 11 is 1.70. The molecule has 0 aliphatic carbocycles. The van der Waals surface area contributed by atoms with Gasteiger partial charge in [-0.3, -0.25) is 4.79 Å². The van der Waals surface area contributed by atoms with Crippen molar-refractivity contribution < 1.29 is 4.79 Å². The van der Waals surface area contributed by atoms with Crippen LogP contribution in [0.4, 0.5) is 0 Å². The average Bonchev–Trinajstić information content (AvgIpc) is 2.62. The molecule has 0 aliphatic rings. The first kappa shape index (κ1) is 16.1. The molecular formula is C14H25N3OS. The molecule has 0 unspecified atom stereocenters. The number of nitrogens with one attached hydrogen (secondary N) is 2. The fourth-order valence-corrected chi connectivity index (χ4v) is 2.44. The van der Waals surface area contributed by atoms with Gasteiger partial charge in [-0.15, -0.1) is 11.3 Å². The number of hydrogen-bond acceptors (Lipinski definition) is 4. The van der Waals surface area contributed by atoms with Crippen LogP contribution in [0.5, 0.6) is 0 Å². The fourth-order valence-electron chi connectivity index (χ4n) is 1.50. The molecule has 19 heavy (non-hydrogen) atoms. The van der Waals surface area contributed by atoms with Crippen molar-refractivity contribution in [1.29, 1.82) is 0 Å². The van der Waals surface area contributed by atoms with Gasteiger partial charge in [0.05, 0.1) is 11.6 Å². The van der Waals surface area contributed by atoms with Crippen molar-refractivity contribution in [3.05, 3.63) is 16.1 Å². The molecule has 1 aromatic rings. The fraction of sp³-hybridized carbons (Fsp3) is 0.714. The third kappa shape index (κ3) is 6.16. The van der Waals surface area contributed by atoms with Crippen LogP contribution in [0.25, 0.3) is 0 Å². The van der Waals surface area contributed by atoms with Crippen molar-refractivity contribution >= 4 is 17.2 Å². The molecule has 1 rings (SSSR count). The summed E-state index contributed by atoms with van der Waals surface area (Å²) in [6, 6.07) is 0. The minimum absolute atomic E-state index is 0.0214. The lowest BCUT2D eigenvalue weighted by atomic mass is 9.98. The van der Waals surface area contributed by atoms with E-state index in [1.54, 1.807) is 11.3 Å². The molecule has 1 amide bonds. The number of carbonyl (C=O) groups is 1.